The average Bonchev–Trinajstić information content (AvgIpc) is 3.49. The second-order valence-electron chi connectivity index (χ2n) is 15.2. The molecule has 23 N–H and O–H groups in total. The van der Waals surface area contributed by atoms with Gasteiger partial charge in [0.15, 0.2) is 18.9 Å². The van der Waals surface area contributed by atoms with Gasteiger partial charge in [0.05, 0.1) is 51.0 Å². The molecule has 0 aromatic rings. The first-order valence-electron chi connectivity index (χ1n) is 19.4. The maximum atomic E-state index is 11.1. The highest BCUT2D eigenvalue weighted by atomic mass is 16.8. The van der Waals surface area contributed by atoms with Gasteiger partial charge in [0.2, 0.25) is 0 Å². The highest BCUT2D eigenvalue weighted by Crippen LogP contribution is 2.34. The van der Waals surface area contributed by atoms with E-state index in [1.54, 1.807) is 0 Å². The molecule has 0 amide bonds. The van der Waals surface area contributed by atoms with Gasteiger partial charge in [-0.25, -0.2) is 0 Å². The van der Waals surface area contributed by atoms with Crippen molar-refractivity contribution < 1.29 is 104 Å². The van der Waals surface area contributed by atoms with Crippen LogP contribution >= 0.6 is 0 Å². The van der Waals surface area contributed by atoms with Gasteiger partial charge < -0.3 is 119 Å². The lowest BCUT2D eigenvalue weighted by Crippen LogP contribution is -2.68. The highest BCUT2D eigenvalue weighted by molar-refractivity contribution is 5.73. The van der Waals surface area contributed by atoms with Crippen molar-refractivity contribution in [2.45, 2.75) is 123 Å². The van der Waals surface area contributed by atoms with Crippen LogP contribution in [0.4, 0.5) is 0 Å². The Balaban J connectivity index is 0.000000432. The Kier molecular flexibility index (Phi) is 21.0. The van der Waals surface area contributed by atoms with Crippen LogP contribution in [0.2, 0.25) is 0 Å². The van der Waals surface area contributed by atoms with Crippen molar-refractivity contribution in [2.24, 2.45) is 34.4 Å². The summed E-state index contributed by atoms with van der Waals surface area (Å²) in [7, 11) is 0. The number of carboxylic acids is 4. The molecule has 3 heterocycles. The second-order valence-corrected chi connectivity index (χ2v) is 15.2. The van der Waals surface area contributed by atoms with Crippen molar-refractivity contribution in [1.82, 2.24) is 9.80 Å². The SMILES string of the molecule is NC[C@@H]1O[C@H](O[C@H]2[C@@H](O)[C@H](O[C@@H]3[C@@H](O)[C@H](N)C[C@H](N)[C@H]3O[C@H]3O[C@H](CN)[C@@H](O)[C@H](O)[C@H]3N)O[C@@H]2CO)[C@H](N)[C@@H](O)[C@@H]1O.O=C(O)CN(CCN(CC(=O)O)CC(=O)O)CC(=O)O. The van der Waals surface area contributed by atoms with Crippen molar-refractivity contribution in [3.8, 4) is 0 Å². The summed E-state index contributed by atoms with van der Waals surface area (Å²) < 4.78 is 34.6. The number of hydrogen-bond acceptors (Lipinski definition) is 25. The van der Waals surface area contributed by atoms with Gasteiger partial charge in [-0.05, 0) is 6.42 Å². The molecule has 29 heteroatoms. The van der Waals surface area contributed by atoms with Gasteiger partial charge in [-0.2, -0.15) is 0 Å². The van der Waals surface area contributed by atoms with E-state index in [0.717, 1.165) is 9.80 Å². The molecule has 19 atom stereocenters. The van der Waals surface area contributed by atoms with Crippen LogP contribution in [0.3, 0.4) is 0 Å². The fourth-order valence-corrected chi connectivity index (χ4v) is 7.22. The van der Waals surface area contributed by atoms with Crippen LogP contribution in [0.25, 0.3) is 0 Å². The van der Waals surface area contributed by atoms with Crippen molar-refractivity contribution in [3.05, 3.63) is 0 Å². The van der Waals surface area contributed by atoms with Crippen LogP contribution in [0.5, 0.6) is 0 Å². The summed E-state index contributed by atoms with van der Waals surface area (Å²) in [6, 6.07) is -4.18. The Labute approximate surface area is 353 Å². The maximum absolute atomic E-state index is 11.1. The Hall–Kier alpha value is -2.96. The summed E-state index contributed by atoms with van der Waals surface area (Å²) >= 11 is 0. The van der Waals surface area contributed by atoms with Crippen molar-refractivity contribution in [2.75, 3.05) is 59.0 Å². The number of carbonyl (C=O) groups is 4. The van der Waals surface area contributed by atoms with E-state index in [1.807, 2.05) is 0 Å². The molecule has 0 radical (unpaired) electrons. The van der Waals surface area contributed by atoms with Gasteiger partial charge in [-0.1, -0.05) is 0 Å². The predicted molar refractivity (Wildman–Crippen MR) is 202 cm³/mol. The lowest BCUT2D eigenvalue weighted by Gasteiger charge is -2.47. The smallest absolute Gasteiger partial charge is 0.317 e. The zero-order valence-corrected chi connectivity index (χ0v) is 33.4. The van der Waals surface area contributed by atoms with Crippen LogP contribution in [-0.2, 0) is 47.6 Å². The van der Waals surface area contributed by atoms with E-state index in [1.165, 1.54) is 0 Å². The third-order valence-electron chi connectivity index (χ3n) is 10.5. The number of aliphatic hydroxyl groups excluding tert-OH is 7. The van der Waals surface area contributed by atoms with Crippen molar-refractivity contribution in [3.63, 3.8) is 0 Å². The zero-order valence-electron chi connectivity index (χ0n) is 33.4. The standard InChI is InChI=1S/C23H46N6O13.C10H16N2O8/c24-2-7-13(32)15(34)10(28)21(37-7)40-18-6(27)1-5(26)12(31)20(18)42-23-17(36)19(9(4-30)39-23)41-22-11(29)16(35)14(33)8(3-25)38-22;13-7(14)3-11(4-8(15)16)1-2-12(5-9(17)18)6-10(19)20/h5-23,30-36H,1-4,24-29H2;1-6H2,(H,13,14)(H,15,16)(H,17,18)(H,19,20)/t5-,6+,7-,8+,9-,10-,11-,12+,13-,14-,15-,16-,17-,18-,19-,20-,21-,22-,23+;/m1./s1. The predicted octanol–water partition coefficient (Wildman–Crippen LogP) is -11.0. The summed E-state index contributed by atoms with van der Waals surface area (Å²) in [5.41, 5.74) is 35.6. The number of carboxylic acid groups (broad SMARTS) is 4. The first-order valence-corrected chi connectivity index (χ1v) is 19.4. The minimum Gasteiger partial charge on any atom is -0.480 e. The normalized spacial score (nSPS) is 39.9. The lowest BCUT2D eigenvalue weighted by atomic mass is 9.84. The van der Waals surface area contributed by atoms with Crippen LogP contribution < -0.4 is 34.4 Å². The quantitative estimate of drug-likeness (QED) is 0.0539. The van der Waals surface area contributed by atoms with E-state index in [-0.39, 0.29) is 32.6 Å². The molecule has 62 heavy (non-hydrogen) atoms. The lowest BCUT2D eigenvalue weighted by molar-refractivity contribution is -0.306. The topological polar surface area (TPSA) is 509 Å². The van der Waals surface area contributed by atoms with Crippen LogP contribution in [0, 0.1) is 0 Å². The molecule has 0 aromatic carbocycles. The van der Waals surface area contributed by atoms with E-state index < -0.39 is 173 Å². The van der Waals surface area contributed by atoms with E-state index >= 15 is 0 Å². The Morgan fingerprint density at radius 2 is 0.871 bits per heavy atom. The number of aliphatic carboxylic acids is 4. The number of hydrogen-bond donors (Lipinski definition) is 17. The molecule has 1 aliphatic carbocycles. The molecule has 3 aliphatic heterocycles. The zero-order chi connectivity index (χ0) is 46.7. The summed E-state index contributed by atoms with van der Waals surface area (Å²) in [6.07, 6.45) is -19.8. The van der Waals surface area contributed by atoms with Crippen LogP contribution in [0.1, 0.15) is 6.42 Å². The molecule has 0 aromatic heterocycles. The molecule has 4 fully saturated rings. The van der Waals surface area contributed by atoms with Gasteiger partial charge in [0, 0.05) is 38.3 Å². The third kappa shape index (κ3) is 14.3. The minimum absolute atomic E-state index is 0.0703. The van der Waals surface area contributed by atoms with Gasteiger partial charge in [0.1, 0.15) is 67.1 Å². The molecular weight excluding hydrogens is 844 g/mol. The number of nitrogens with two attached hydrogens (primary N) is 6. The molecule has 1 saturated carbocycles. The van der Waals surface area contributed by atoms with E-state index in [2.05, 4.69) is 0 Å². The van der Waals surface area contributed by atoms with Crippen LogP contribution in [-0.4, -0.2) is 265 Å². The Morgan fingerprint density at radius 1 is 0.500 bits per heavy atom. The molecule has 360 valence electrons. The molecule has 4 aliphatic rings. The molecule has 4 rings (SSSR count). The summed E-state index contributed by atoms with van der Waals surface area (Å²) in [5, 5.41) is 107. The monoisotopic (exact) mass is 906 g/mol. The summed E-state index contributed by atoms with van der Waals surface area (Å²) in [4.78, 5) is 44.4. The number of aliphatic hydroxyl groups is 7. The molecule has 0 bridgehead atoms. The third-order valence-corrected chi connectivity index (χ3v) is 10.5. The summed E-state index contributed by atoms with van der Waals surface area (Å²) in [6.45, 7) is -3.22. The molecule has 0 unspecified atom stereocenters. The minimum atomic E-state index is -1.60. The van der Waals surface area contributed by atoms with Crippen molar-refractivity contribution in [1.29, 1.82) is 0 Å². The number of nitrogens with zero attached hydrogens (tertiary/aromatic N) is 2. The van der Waals surface area contributed by atoms with E-state index in [9.17, 15) is 54.9 Å². The summed E-state index contributed by atoms with van der Waals surface area (Å²) in [5.74, 6) is -4.91. The van der Waals surface area contributed by atoms with Crippen molar-refractivity contribution >= 4 is 23.9 Å². The van der Waals surface area contributed by atoms with E-state index in [0.29, 0.717) is 0 Å². The van der Waals surface area contributed by atoms with Gasteiger partial charge in [-0.15, -0.1) is 0 Å². The highest BCUT2D eigenvalue weighted by Gasteiger charge is 2.54. The van der Waals surface area contributed by atoms with E-state index in [4.69, 9.17) is 83.2 Å². The Bertz CT molecular complexity index is 1380. The molecule has 29 nitrogen and oxygen atoms in total. The molecular formula is C33H62N8O21. The van der Waals surface area contributed by atoms with Crippen LogP contribution in [0.15, 0.2) is 0 Å². The fraction of sp³-hybridized carbons (Fsp3) is 0.879. The van der Waals surface area contributed by atoms with Gasteiger partial charge in [-0.3, -0.25) is 29.0 Å². The molecule has 3 saturated heterocycles. The first-order chi connectivity index (χ1) is 29.0. The van der Waals surface area contributed by atoms with Gasteiger partial charge in [0.25, 0.3) is 0 Å². The first kappa shape index (κ1) is 53.4. The fourth-order valence-electron chi connectivity index (χ4n) is 7.22. The number of rotatable bonds is 20. The average molecular weight is 907 g/mol. The molecule has 0 spiro atoms. The Morgan fingerprint density at radius 3 is 1.24 bits per heavy atom. The van der Waals surface area contributed by atoms with Gasteiger partial charge >= 0.3 is 23.9 Å². The number of ether oxygens (including phenoxy) is 6. The maximum Gasteiger partial charge on any atom is 0.317 e. The largest absolute Gasteiger partial charge is 0.480 e. The second kappa shape index (κ2) is 24.4.